The van der Waals surface area contributed by atoms with E-state index in [-0.39, 0.29) is 0 Å². The molecule has 0 bridgehead atoms. The van der Waals surface area contributed by atoms with Crippen LogP contribution >= 0.6 is 23.1 Å². The topological polar surface area (TPSA) is 55.0 Å². The third-order valence-corrected chi connectivity index (χ3v) is 6.33. The Balaban J connectivity index is 2.07. The first kappa shape index (κ1) is 19.3. The van der Waals surface area contributed by atoms with Gasteiger partial charge in [0.1, 0.15) is 11.8 Å². The molecule has 2 heterocycles. The summed E-state index contributed by atoms with van der Waals surface area (Å²) in [5.41, 5.74) is 3.32. The van der Waals surface area contributed by atoms with Gasteiger partial charge in [-0.05, 0) is 42.5 Å². The number of hydrogen-bond donors (Lipinski definition) is 0. The van der Waals surface area contributed by atoms with Crippen LogP contribution in [-0.4, -0.2) is 17.1 Å². The molecule has 4 nitrogen and oxygen atoms in total. The number of benzene rings is 1. The van der Waals surface area contributed by atoms with Crippen molar-refractivity contribution in [3.05, 3.63) is 58.7 Å². The van der Waals surface area contributed by atoms with Gasteiger partial charge in [0.2, 0.25) is 0 Å². The van der Waals surface area contributed by atoms with Crippen molar-refractivity contribution >= 4 is 29.1 Å². The first-order valence-corrected chi connectivity index (χ1v) is 10.4. The zero-order chi connectivity index (χ0) is 19.4. The van der Waals surface area contributed by atoms with Gasteiger partial charge in [0.25, 0.3) is 0 Å². The van der Waals surface area contributed by atoms with Crippen LogP contribution in [0.5, 0.6) is 0 Å². The molecule has 0 radical (unpaired) electrons. The van der Waals surface area contributed by atoms with Crippen molar-refractivity contribution in [1.82, 2.24) is 4.57 Å². The Hall–Kier alpha value is -2.49. The number of ether oxygens (including phenoxy) is 1. The number of carbonyl (C=O) groups excluding carboxylic acids is 1. The van der Waals surface area contributed by atoms with Crippen molar-refractivity contribution < 1.29 is 9.53 Å². The second-order valence-electron chi connectivity index (χ2n) is 5.85. The maximum absolute atomic E-state index is 12.6. The van der Waals surface area contributed by atoms with Gasteiger partial charge in [-0.1, -0.05) is 36.9 Å². The maximum Gasteiger partial charge on any atom is 0.355 e. The van der Waals surface area contributed by atoms with Gasteiger partial charge in [0.15, 0.2) is 0 Å². The van der Waals surface area contributed by atoms with E-state index < -0.39 is 5.97 Å². The van der Waals surface area contributed by atoms with Gasteiger partial charge >= 0.3 is 5.97 Å². The molecule has 3 rings (SSSR count). The molecule has 138 valence electrons. The summed E-state index contributed by atoms with van der Waals surface area (Å²) in [5, 5.41) is 11.8. The summed E-state index contributed by atoms with van der Waals surface area (Å²) in [6.45, 7) is 4.06. The summed E-state index contributed by atoms with van der Waals surface area (Å²) in [5.74, 6) is -0.400. The number of thiophene rings is 1. The summed E-state index contributed by atoms with van der Waals surface area (Å²) in [4.78, 5) is 13.7. The van der Waals surface area contributed by atoms with Crippen LogP contribution in [0.3, 0.4) is 0 Å². The molecule has 0 N–H and O–H groups in total. The molecule has 0 unspecified atom stereocenters. The van der Waals surface area contributed by atoms with Gasteiger partial charge in [-0.3, -0.25) is 0 Å². The second-order valence-corrected chi connectivity index (χ2v) is 8.17. The molecule has 2 aromatic heterocycles. The summed E-state index contributed by atoms with van der Waals surface area (Å²) >= 11 is 3.40. The summed E-state index contributed by atoms with van der Waals surface area (Å²) in [7, 11) is 1.82. The van der Waals surface area contributed by atoms with E-state index in [0.29, 0.717) is 29.8 Å². The fourth-order valence-corrected chi connectivity index (χ4v) is 4.86. The van der Waals surface area contributed by atoms with Gasteiger partial charge < -0.3 is 9.30 Å². The zero-order valence-electron chi connectivity index (χ0n) is 15.5. The van der Waals surface area contributed by atoms with E-state index in [1.54, 1.807) is 34.6 Å². The average Bonchev–Trinajstić information content (AvgIpc) is 3.27. The van der Waals surface area contributed by atoms with E-state index in [9.17, 15) is 10.1 Å². The van der Waals surface area contributed by atoms with Crippen molar-refractivity contribution in [2.45, 2.75) is 29.4 Å². The molecule has 0 atom stereocenters. The molecule has 0 saturated carbocycles. The number of hydrogen-bond acceptors (Lipinski definition) is 5. The van der Waals surface area contributed by atoms with E-state index in [2.05, 4.69) is 17.5 Å². The number of nitriles is 1. The monoisotopic (exact) mass is 396 g/mol. The zero-order valence-corrected chi connectivity index (χ0v) is 17.1. The van der Waals surface area contributed by atoms with Crippen molar-refractivity contribution in [1.29, 1.82) is 5.26 Å². The lowest BCUT2D eigenvalue weighted by Crippen LogP contribution is -2.12. The molecule has 0 aliphatic heterocycles. The molecule has 0 aliphatic carbocycles. The molecule has 0 amide bonds. The third-order valence-electron chi connectivity index (χ3n) is 4.29. The lowest BCUT2D eigenvalue weighted by atomic mass is 10.00. The molecule has 0 saturated heterocycles. The Labute approximate surface area is 167 Å². The SMILES string of the molecule is CCOC(=O)c1c(-c2ccc(Sc3cccs3)cc2)c(C#N)c(CC)n1C. The summed E-state index contributed by atoms with van der Waals surface area (Å²) in [6, 6.07) is 14.4. The van der Waals surface area contributed by atoms with Crippen LogP contribution in [-0.2, 0) is 18.2 Å². The fourth-order valence-electron chi connectivity index (χ4n) is 3.11. The van der Waals surface area contributed by atoms with E-state index in [1.165, 1.54) is 4.21 Å². The Bertz CT molecular complexity index is 981. The summed E-state index contributed by atoms with van der Waals surface area (Å²) in [6.07, 6.45) is 0.665. The molecule has 27 heavy (non-hydrogen) atoms. The first-order chi connectivity index (χ1) is 13.1. The third kappa shape index (κ3) is 3.80. The average molecular weight is 397 g/mol. The highest BCUT2D eigenvalue weighted by Gasteiger charge is 2.26. The van der Waals surface area contributed by atoms with Crippen LogP contribution in [0, 0.1) is 11.3 Å². The minimum absolute atomic E-state index is 0.295. The van der Waals surface area contributed by atoms with Crippen LogP contribution in [0.15, 0.2) is 50.9 Å². The van der Waals surface area contributed by atoms with Crippen molar-refractivity contribution in [2.75, 3.05) is 6.61 Å². The molecule has 0 aliphatic rings. The molecule has 0 spiro atoms. The van der Waals surface area contributed by atoms with Crippen LogP contribution in [0.2, 0.25) is 0 Å². The quantitative estimate of drug-likeness (QED) is 0.515. The van der Waals surface area contributed by atoms with Gasteiger partial charge in [-0.15, -0.1) is 11.3 Å². The number of rotatable bonds is 6. The number of esters is 1. The Morgan fingerprint density at radius 1 is 1.26 bits per heavy atom. The van der Waals surface area contributed by atoms with Crippen LogP contribution < -0.4 is 0 Å². The minimum Gasteiger partial charge on any atom is -0.461 e. The molecular weight excluding hydrogens is 376 g/mol. The van der Waals surface area contributed by atoms with Crippen LogP contribution in [0.25, 0.3) is 11.1 Å². The second kappa shape index (κ2) is 8.47. The van der Waals surface area contributed by atoms with E-state index in [0.717, 1.165) is 16.2 Å². The highest BCUT2D eigenvalue weighted by molar-refractivity contribution is 8.01. The van der Waals surface area contributed by atoms with Gasteiger partial charge in [-0.2, -0.15) is 5.26 Å². The highest BCUT2D eigenvalue weighted by atomic mass is 32.2. The highest BCUT2D eigenvalue weighted by Crippen LogP contribution is 2.36. The first-order valence-electron chi connectivity index (χ1n) is 8.71. The predicted octanol–water partition coefficient (Wildman–Crippen LogP) is 5.52. The predicted molar refractivity (Wildman–Crippen MR) is 109 cm³/mol. The molecule has 1 aromatic carbocycles. The lowest BCUT2D eigenvalue weighted by molar-refractivity contribution is 0.0516. The van der Waals surface area contributed by atoms with Gasteiger partial charge in [-0.25, -0.2) is 4.79 Å². The van der Waals surface area contributed by atoms with E-state index >= 15 is 0 Å². The van der Waals surface area contributed by atoms with Crippen LogP contribution in [0.1, 0.15) is 35.6 Å². The number of nitrogens with zero attached hydrogens (tertiary/aromatic N) is 2. The van der Waals surface area contributed by atoms with E-state index in [1.807, 2.05) is 44.3 Å². The lowest BCUT2D eigenvalue weighted by Gasteiger charge is -2.08. The summed E-state index contributed by atoms with van der Waals surface area (Å²) < 4.78 is 8.26. The van der Waals surface area contributed by atoms with Gasteiger partial charge in [0, 0.05) is 23.2 Å². The van der Waals surface area contributed by atoms with Crippen molar-refractivity contribution in [3.63, 3.8) is 0 Å². The Morgan fingerprint density at radius 2 is 2.00 bits per heavy atom. The maximum atomic E-state index is 12.6. The van der Waals surface area contributed by atoms with Gasteiger partial charge in [0.05, 0.1) is 16.4 Å². The van der Waals surface area contributed by atoms with Crippen molar-refractivity contribution in [2.24, 2.45) is 7.05 Å². The number of carbonyl (C=O) groups is 1. The molecule has 3 aromatic rings. The largest absolute Gasteiger partial charge is 0.461 e. The Kier molecular flexibility index (Phi) is 6.04. The Morgan fingerprint density at radius 3 is 2.56 bits per heavy atom. The minimum atomic E-state index is -0.400. The normalized spacial score (nSPS) is 10.6. The fraction of sp³-hybridized carbons (Fsp3) is 0.238. The standard InChI is InChI=1S/C21H20N2O2S2/c1-4-17-16(13-22)19(20(23(17)3)21(24)25-5-2)14-8-10-15(11-9-14)27-18-7-6-12-26-18/h6-12H,4-5H2,1-3H3. The van der Waals surface area contributed by atoms with E-state index in [4.69, 9.17) is 4.74 Å². The van der Waals surface area contributed by atoms with Crippen LogP contribution in [0.4, 0.5) is 0 Å². The smallest absolute Gasteiger partial charge is 0.355 e. The molecule has 6 heteroatoms. The molecular formula is C21H20N2O2S2. The van der Waals surface area contributed by atoms with Crippen molar-refractivity contribution in [3.8, 4) is 17.2 Å². The number of aromatic nitrogens is 1. The molecule has 0 fully saturated rings.